The Morgan fingerprint density at radius 3 is 2.56 bits per heavy atom. The van der Waals surface area contributed by atoms with Gasteiger partial charge in [0.05, 0.1) is 12.5 Å². The van der Waals surface area contributed by atoms with Gasteiger partial charge in [-0.15, -0.1) is 10.2 Å². The molecule has 1 aliphatic rings. The van der Waals surface area contributed by atoms with E-state index in [9.17, 15) is 18.0 Å². The lowest BCUT2D eigenvalue weighted by atomic mass is 10.1. The fourth-order valence-corrected chi connectivity index (χ4v) is 3.42. The first-order valence-corrected chi connectivity index (χ1v) is 8.58. The maximum atomic E-state index is 12.6. The Hall–Kier alpha value is -2.17. The zero-order valence-electron chi connectivity index (χ0n) is 13.5. The highest BCUT2D eigenvalue weighted by Crippen LogP contribution is 2.34. The first kappa shape index (κ1) is 17.6. The van der Waals surface area contributed by atoms with Gasteiger partial charge >= 0.3 is 6.18 Å². The zero-order chi connectivity index (χ0) is 18.0. The topological polar surface area (TPSA) is 67.2 Å². The van der Waals surface area contributed by atoms with E-state index in [1.807, 2.05) is 6.92 Å². The molecule has 0 N–H and O–H groups in total. The van der Waals surface area contributed by atoms with Crippen LogP contribution in [0.25, 0.3) is 0 Å². The Kier molecular flexibility index (Phi) is 4.93. The molecule has 0 aliphatic carbocycles. The molecule has 1 saturated heterocycles. The summed E-state index contributed by atoms with van der Waals surface area (Å²) >= 11 is 0.529. The number of hydrogen-bond donors (Lipinski definition) is 0. The van der Waals surface area contributed by atoms with Gasteiger partial charge in [-0.1, -0.05) is 18.3 Å². The van der Waals surface area contributed by atoms with Crippen molar-refractivity contribution in [3.8, 4) is 0 Å². The van der Waals surface area contributed by atoms with Crippen LogP contribution >= 0.6 is 11.3 Å². The number of carbonyl (C=O) groups excluding carboxylic acids is 1. The number of nitrogens with zero attached hydrogens (tertiary/aromatic N) is 6. The summed E-state index contributed by atoms with van der Waals surface area (Å²) in [6.45, 7) is 4.11. The summed E-state index contributed by atoms with van der Waals surface area (Å²) in [4.78, 5) is 16.0. The van der Waals surface area contributed by atoms with Crippen LogP contribution in [0.2, 0.25) is 0 Å². The number of amides is 1. The molecule has 1 atom stereocenters. The highest BCUT2D eigenvalue weighted by atomic mass is 32.1. The van der Waals surface area contributed by atoms with Gasteiger partial charge in [-0.3, -0.25) is 9.48 Å². The van der Waals surface area contributed by atoms with Gasteiger partial charge in [0.15, 0.2) is 0 Å². The monoisotopic (exact) mass is 374 g/mol. The van der Waals surface area contributed by atoms with E-state index in [1.165, 1.54) is 0 Å². The van der Waals surface area contributed by atoms with Crippen LogP contribution in [0.5, 0.6) is 0 Å². The minimum absolute atomic E-state index is 0.0170. The van der Waals surface area contributed by atoms with Crippen LogP contribution in [-0.2, 0) is 17.5 Å². The van der Waals surface area contributed by atoms with Gasteiger partial charge in [-0.25, -0.2) is 0 Å². The van der Waals surface area contributed by atoms with Crippen LogP contribution in [0.4, 0.5) is 18.3 Å². The third kappa shape index (κ3) is 4.09. The standard InChI is InChI=1S/C14H17F3N6OS/c1-10(9-23-4-2-3-18-23)11(24)21-5-7-22(8-6-21)13-20-19-12(25-13)14(15,16)17/h2-4,10H,5-9H2,1H3. The molecule has 0 spiro atoms. The van der Waals surface area contributed by atoms with Crippen LogP contribution in [-0.4, -0.2) is 57.0 Å². The summed E-state index contributed by atoms with van der Waals surface area (Å²) in [6.07, 6.45) is -1.02. The first-order valence-electron chi connectivity index (χ1n) is 7.76. The van der Waals surface area contributed by atoms with E-state index in [0.717, 1.165) is 0 Å². The van der Waals surface area contributed by atoms with Crippen molar-refractivity contribution >= 4 is 22.4 Å². The van der Waals surface area contributed by atoms with E-state index in [0.29, 0.717) is 44.1 Å². The second-order valence-corrected chi connectivity index (χ2v) is 6.79. The molecule has 2 aromatic rings. The molecule has 25 heavy (non-hydrogen) atoms. The normalized spacial score (nSPS) is 17.0. The van der Waals surface area contributed by atoms with Gasteiger partial charge in [0.2, 0.25) is 16.0 Å². The van der Waals surface area contributed by atoms with Gasteiger partial charge < -0.3 is 9.80 Å². The first-order chi connectivity index (χ1) is 11.8. The average Bonchev–Trinajstić information content (AvgIpc) is 3.25. The van der Waals surface area contributed by atoms with Gasteiger partial charge in [0.1, 0.15) is 0 Å². The molecule has 3 heterocycles. The molecular formula is C14H17F3N6OS. The maximum Gasteiger partial charge on any atom is 0.445 e. The van der Waals surface area contributed by atoms with E-state index < -0.39 is 11.2 Å². The Labute approximate surface area is 146 Å². The highest BCUT2D eigenvalue weighted by Gasteiger charge is 2.36. The van der Waals surface area contributed by atoms with Crippen molar-refractivity contribution in [2.24, 2.45) is 5.92 Å². The zero-order valence-corrected chi connectivity index (χ0v) is 14.3. The minimum atomic E-state index is -4.48. The molecule has 0 aromatic carbocycles. The van der Waals surface area contributed by atoms with E-state index in [1.54, 1.807) is 32.9 Å². The molecule has 2 aromatic heterocycles. The molecule has 1 aliphatic heterocycles. The van der Waals surface area contributed by atoms with E-state index in [2.05, 4.69) is 15.3 Å². The summed E-state index contributed by atoms with van der Waals surface area (Å²) in [5.41, 5.74) is 0. The number of anilines is 1. The number of alkyl halides is 3. The third-order valence-electron chi connectivity index (χ3n) is 3.96. The Balaban J connectivity index is 1.54. The van der Waals surface area contributed by atoms with Crippen molar-refractivity contribution < 1.29 is 18.0 Å². The second-order valence-electron chi connectivity index (χ2n) is 5.83. The molecule has 0 saturated carbocycles. The van der Waals surface area contributed by atoms with Crippen LogP contribution in [0.15, 0.2) is 18.5 Å². The number of hydrogen-bond acceptors (Lipinski definition) is 6. The molecule has 136 valence electrons. The second kappa shape index (κ2) is 6.98. The molecule has 7 nitrogen and oxygen atoms in total. The van der Waals surface area contributed by atoms with Gasteiger partial charge in [0, 0.05) is 38.6 Å². The number of carbonyl (C=O) groups is 1. The van der Waals surface area contributed by atoms with Crippen LogP contribution in [0.1, 0.15) is 11.9 Å². The Morgan fingerprint density at radius 1 is 1.28 bits per heavy atom. The predicted octanol–water partition coefficient (Wildman–Crippen LogP) is 1.74. The fraction of sp³-hybridized carbons (Fsp3) is 0.571. The highest BCUT2D eigenvalue weighted by molar-refractivity contribution is 7.15. The van der Waals surface area contributed by atoms with E-state index in [4.69, 9.17) is 0 Å². The lowest BCUT2D eigenvalue weighted by Gasteiger charge is -2.35. The van der Waals surface area contributed by atoms with Gasteiger partial charge in [-0.2, -0.15) is 18.3 Å². The van der Waals surface area contributed by atoms with Crippen LogP contribution < -0.4 is 4.90 Å². The molecule has 1 unspecified atom stereocenters. The van der Waals surface area contributed by atoms with E-state index in [-0.39, 0.29) is 17.0 Å². The minimum Gasteiger partial charge on any atom is -0.343 e. The summed E-state index contributed by atoms with van der Waals surface area (Å²) in [5, 5.41) is 10.2. The lowest BCUT2D eigenvalue weighted by Crippen LogP contribution is -2.50. The van der Waals surface area contributed by atoms with Crippen molar-refractivity contribution in [2.45, 2.75) is 19.6 Å². The summed E-state index contributed by atoms with van der Waals surface area (Å²) in [6, 6.07) is 1.80. The molecule has 3 rings (SSSR count). The molecular weight excluding hydrogens is 357 g/mol. The fourth-order valence-electron chi connectivity index (χ4n) is 2.65. The van der Waals surface area contributed by atoms with Crippen molar-refractivity contribution in [3.63, 3.8) is 0 Å². The molecule has 1 fully saturated rings. The van der Waals surface area contributed by atoms with Crippen molar-refractivity contribution in [2.75, 3.05) is 31.1 Å². The SMILES string of the molecule is CC(Cn1cccn1)C(=O)N1CCN(c2nnc(C(F)(F)F)s2)CC1. The predicted molar refractivity (Wildman–Crippen MR) is 85.1 cm³/mol. The molecule has 0 radical (unpaired) electrons. The largest absolute Gasteiger partial charge is 0.445 e. The number of piperazine rings is 1. The van der Waals surface area contributed by atoms with Gasteiger partial charge in [0.25, 0.3) is 0 Å². The summed E-state index contributed by atoms with van der Waals surface area (Å²) in [5.74, 6) is -0.201. The average molecular weight is 374 g/mol. The number of rotatable bonds is 4. The number of halogens is 3. The molecule has 1 amide bonds. The van der Waals surface area contributed by atoms with Crippen LogP contribution in [0, 0.1) is 5.92 Å². The summed E-state index contributed by atoms with van der Waals surface area (Å²) in [7, 11) is 0. The van der Waals surface area contributed by atoms with Crippen molar-refractivity contribution in [1.29, 1.82) is 0 Å². The quantitative estimate of drug-likeness (QED) is 0.816. The van der Waals surface area contributed by atoms with E-state index >= 15 is 0 Å². The third-order valence-corrected chi connectivity index (χ3v) is 4.99. The smallest absolute Gasteiger partial charge is 0.343 e. The Morgan fingerprint density at radius 2 is 2.00 bits per heavy atom. The number of aromatic nitrogens is 4. The summed E-state index contributed by atoms with van der Waals surface area (Å²) < 4.78 is 39.5. The van der Waals surface area contributed by atoms with Crippen molar-refractivity contribution in [3.05, 3.63) is 23.5 Å². The lowest BCUT2D eigenvalue weighted by molar-refractivity contribution is -0.138. The molecule has 11 heteroatoms. The van der Waals surface area contributed by atoms with Crippen LogP contribution in [0.3, 0.4) is 0 Å². The molecule has 0 bridgehead atoms. The Bertz CT molecular complexity index is 708. The van der Waals surface area contributed by atoms with Gasteiger partial charge in [-0.05, 0) is 6.07 Å². The maximum absolute atomic E-state index is 12.6. The van der Waals surface area contributed by atoms with Crippen molar-refractivity contribution in [1.82, 2.24) is 24.9 Å².